The smallest absolute Gasteiger partial charge is 0.235 e. The van der Waals surface area contributed by atoms with E-state index < -0.39 is 0 Å². The maximum atomic E-state index is 12.5. The van der Waals surface area contributed by atoms with Gasteiger partial charge in [-0.05, 0) is 51.4 Å². The molecular formula is C13H22N2O2S. The van der Waals surface area contributed by atoms with Gasteiger partial charge in [0, 0.05) is 13.0 Å². The molecule has 102 valence electrons. The zero-order chi connectivity index (χ0) is 13.2. The van der Waals surface area contributed by atoms with Crippen LogP contribution in [0.5, 0.6) is 0 Å². The van der Waals surface area contributed by atoms with Gasteiger partial charge < -0.3 is 4.90 Å². The number of imide groups is 1. The quantitative estimate of drug-likeness (QED) is 0.720. The average molecular weight is 270 g/mol. The van der Waals surface area contributed by atoms with Crippen LogP contribution >= 0.6 is 11.8 Å². The predicted molar refractivity (Wildman–Crippen MR) is 73.5 cm³/mol. The van der Waals surface area contributed by atoms with Crippen molar-refractivity contribution >= 4 is 23.6 Å². The molecule has 0 radical (unpaired) electrons. The van der Waals surface area contributed by atoms with E-state index in [1.165, 1.54) is 4.90 Å². The molecule has 2 heterocycles. The fourth-order valence-corrected chi connectivity index (χ4v) is 4.06. The largest absolute Gasteiger partial charge is 0.309 e. The third-order valence-electron chi connectivity index (χ3n) is 3.93. The van der Waals surface area contributed by atoms with Crippen molar-refractivity contribution in [3.63, 3.8) is 0 Å². The van der Waals surface area contributed by atoms with Gasteiger partial charge in [-0.3, -0.25) is 14.5 Å². The summed E-state index contributed by atoms with van der Waals surface area (Å²) in [6.07, 6.45) is 3.09. The summed E-state index contributed by atoms with van der Waals surface area (Å²) in [5.74, 6) is 2.19. The number of carbonyl (C=O) groups is 2. The van der Waals surface area contributed by atoms with Gasteiger partial charge in [0.05, 0.1) is 5.41 Å². The van der Waals surface area contributed by atoms with Crippen molar-refractivity contribution in [2.75, 3.05) is 38.7 Å². The Morgan fingerprint density at radius 2 is 1.94 bits per heavy atom. The van der Waals surface area contributed by atoms with Gasteiger partial charge in [-0.2, -0.15) is 11.8 Å². The van der Waals surface area contributed by atoms with Crippen LogP contribution in [0.1, 0.15) is 25.7 Å². The summed E-state index contributed by atoms with van der Waals surface area (Å²) in [6, 6.07) is 0. The number of hydrogen-bond acceptors (Lipinski definition) is 4. The third-order valence-corrected chi connectivity index (χ3v) is 4.91. The molecule has 0 atom stereocenters. The molecule has 0 bridgehead atoms. The van der Waals surface area contributed by atoms with Crippen LogP contribution in [0.2, 0.25) is 0 Å². The van der Waals surface area contributed by atoms with E-state index in [1.807, 2.05) is 25.9 Å². The van der Waals surface area contributed by atoms with E-state index in [4.69, 9.17) is 0 Å². The minimum atomic E-state index is -0.333. The summed E-state index contributed by atoms with van der Waals surface area (Å²) in [4.78, 5) is 28.1. The topological polar surface area (TPSA) is 40.6 Å². The third kappa shape index (κ3) is 2.72. The lowest BCUT2D eigenvalue weighted by atomic mass is 9.80. The number of hydrogen-bond donors (Lipinski definition) is 0. The molecule has 2 aliphatic heterocycles. The van der Waals surface area contributed by atoms with Gasteiger partial charge in [0.25, 0.3) is 0 Å². The lowest BCUT2D eigenvalue weighted by Gasteiger charge is -2.30. The van der Waals surface area contributed by atoms with E-state index in [-0.39, 0.29) is 17.2 Å². The monoisotopic (exact) mass is 270 g/mol. The van der Waals surface area contributed by atoms with Gasteiger partial charge in [-0.15, -0.1) is 0 Å². The van der Waals surface area contributed by atoms with E-state index in [0.717, 1.165) is 37.3 Å². The van der Waals surface area contributed by atoms with Crippen LogP contribution in [0.25, 0.3) is 0 Å². The minimum absolute atomic E-state index is 0.0469. The van der Waals surface area contributed by atoms with Crippen molar-refractivity contribution in [2.24, 2.45) is 5.41 Å². The van der Waals surface area contributed by atoms with Crippen LogP contribution in [0.3, 0.4) is 0 Å². The van der Waals surface area contributed by atoms with Crippen LogP contribution in [0.4, 0.5) is 0 Å². The van der Waals surface area contributed by atoms with Gasteiger partial charge >= 0.3 is 0 Å². The molecule has 2 aliphatic rings. The molecule has 0 aromatic rings. The highest BCUT2D eigenvalue weighted by atomic mass is 32.2. The summed E-state index contributed by atoms with van der Waals surface area (Å²) in [5, 5.41) is 0. The molecule has 2 amide bonds. The van der Waals surface area contributed by atoms with Crippen LogP contribution in [-0.4, -0.2) is 60.3 Å². The standard InChI is InChI=1S/C13H22N2O2S/c1-14(2)6-3-7-15-11(16)10-13(12(15)17)4-8-18-9-5-13/h3-10H2,1-2H3. The molecule has 2 saturated heterocycles. The minimum Gasteiger partial charge on any atom is -0.309 e. The zero-order valence-electron chi connectivity index (χ0n) is 11.3. The van der Waals surface area contributed by atoms with Gasteiger partial charge in [0.2, 0.25) is 11.8 Å². The lowest BCUT2D eigenvalue weighted by molar-refractivity contribution is -0.141. The Morgan fingerprint density at radius 3 is 2.56 bits per heavy atom. The molecule has 0 aliphatic carbocycles. The number of rotatable bonds is 4. The zero-order valence-corrected chi connectivity index (χ0v) is 12.1. The Bertz CT molecular complexity index is 338. The van der Waals surface area contributed by atoms with Gasteiger partial charge in [0.15, 0.2) is 0 Å². The maximum Gasteiger partial charge on any atom is 0.235 e. The Kier molecular flexibility index (Phi) is 4.33. The van der Waals surface area contributed by atoms with E-state index in [1.54, 1.807) is 0 Å². The van der Waals surface area contributed by atoms with Crippen LogP contribution in [0, 0.1) is 5.41 Å². The fraction of sp³-hybridized carbons (Fsp3) is 0.846. The second-order valence-corrected chi connectivity index (χ2v) is 6.80. The van der Waals surface area contributed by atoms with Crippen molar-refractivity contribution in [1.82, 2.24) is 9.80 Å². The normalized spacial score (nSPS) is 23.4. The molecule has 2 rings (SSSR count). The molecule has 0 aromatic heterocycles. The first-order chi connectivity index (χ1) is 8.55. The highest BCUT2D eigenvalue weighted by molar-refractivity contribution is 7.99. The van der Waals surface area contributed by atoms with Gasteiger partial charge in [0.1, 0.15) is 0 Å². The molecule has 0 saturated carbocycles. The highest BCUT2D eigenvalue weighted by Crippen LogP contribution is 2.44. The molecule has 0 aromatic carbocycles. The van der Waals surface area contributed by atoms with Crippen LogP contribution in [-0.2, 0) is 9.59 Å². The molecule has 4 nitrogen and oxygen atoms in total. The van der Waals surface area contributed by atoms with E-state index in [2.05, 4.69) is 4.90 Å². The molecule has 2 fully saturated rings. The Balaban J connectivity index is 1.96. The van der Waals surface area contributed by atoms with Gasteiger partial charge in [-0.25, -0.2) is 0 Å². The molecular weight excluding hydrogens is 248 g/mol. The molecule has 0 N–H and O–H groups in total. The Morgan fingerprint density at radius 1 is 1.28 bits per heavy atom. The van der Waals surface area contributed by atoms with Gasteiger partial charge in [-0.1, -0.05) is 0 Å². The number of thioether (sulfide) groups is 1. The van der Waals surface area contributed by atoms with Crippen molar-refractivity contribution < 1.29 is 9.59 Å². The summed E-state index contributed by atoms with van der Waals surface area (Å²) < 4.78 is 0. The second-order valence-electron chi connectivity index (χ2n) is 5.58. The van der Waals surface area contributed by atoms with E-state index in [0.29, 0.717) is 13.0 Å². The Hall–Kier alpha value is -0.550. The van der Waals surface area contributed by atoms with Crippen molar-refractivity contribution in [1.29, 1.82) is 0 Å². The number of carbonyl (C=O) groups excluding carboxylic acids is 2. The fourth-order valence-electron chi connectivity index (χ4n) is 2.78. The van der Waals surface area contributed by atoms with E-state index in [9.17, 15) is 9.59 Å². The summed E-state index contributed by atoms with van der Waals surface area (Å²) in [7, 11) is 4.01. The van der Waals surface area contributed by atoms with Crippen molar-refractivity contribution in [3.05, 3.63) is 0 Å². The molecule has 18 heavy (non-hydrogen) atoms. The second kappa shape index (κ2) is 5.61. The number of likely N-dealkylation sites (tertiary alicyclic amines) is 1. The summed E-state index contributed by atoms with van der Waals surface area (Å²) >= 11 is 1.89. The lowest BCUT2D eigenvalue weighted by Crippen LogP contribution is -2.38. The first-order valence-corrected chi connectivity index (χ1v) is 7.78. The van der Waals surface area contributed by atoms with E-state index >= 15 is 0 Å². The van der Waals surface area contributed by atoms with Crippen molar-refractivity contribution in [3.8, 4) is 0 Å². The summed E-state index contributed by atoms with van der Waals surface area (Å²) in [6.45, 7) is 1.50. The molecule has 5 heteroatoms. The average Bonchev–Trinajstić information content (AvgIpc) is 2.54. The van der Waals surface area contributed by atoms with Crippen molar-refractivity contribution in [2.45, 2.75) is 25.7 Å². The highest BCUT2D eigenvalue weighted by Gasteiger charge is 2.51. The summed E-state index contributed by atoms with van der Waals surface area (Å²) in [5.41, 5.74) is -0.333. The predicted octanol–water partition coefficient (Wildman–Crippen LogP) is 1.21. The molecule has 1 spiro atoms. The SMILES string of the molecule is CN(C)CCCN1C(=O)CC2(CCSCC2)C1=O. The molecule has 0 unspecified atom stereocenters. The maximum absolute atomic E-state index is 12.5. The first-order valence-electron chi connectivity index (χ1n) is 6.62. The van der Waals surface area contributed by atoms with Crippen LogP contribution in [0.15, 0.2) is 0 Å². The first kappa shape index (κ1) is 13.9. The number of nitrogens with zero attached hydrogens (tertiary/aromatic N) is 2. The number of amides is 2. The Labute approximate surface area is 113 Å². The van der Waals surface area contributed by atoms with Crippen LogP contribution < -0.4 is 0 Å².